The zero-order valence-corrected chi connectivity index (χ0v) is 18.6. The van der Waals surface area contributed by atoms with E-state index in [9.17, 15) is 4.79 Å². The second kappa shape index (κ2) is 7.64. The molecule has 0 unspecified atom stereocenters. The van der Waals surface area contributed by atoms with Gasteiger partial charge in [0.05, 0.1) is 29.4 Å². The van der Waals surface area contributed by atoms with E-state index in [2.05, 4.69) is 27.3 Å². The smallest absolute Gasteiger partial charge is 0.196 e. The molecule has 6 rings (SSSR count). The minimum absolute atomic E-state index is 0.0211. The van der Waals surface area contributed by atoms with Crippen molar-refractivity contribution in [1.29, 1.82) is 0 Å². The van der Waals surface area contributed by atoms with Crippen molar-refractivity contribution in [1.82, 2.24) is 10.1 Å². The zero-order chi connectivity index (χ0) is 22.5. The van der Waals surface area contributed by atoms with E-state index in [0.29, 0.717) is 16.9 Å². The summed E-state index contributed by atoms with van der Waals surface area (Å²) in [4.78, 5) is 18.3. The third-order valence-electron chi connectivity index (χ3n) is 6.59. The van der Waals surface area contributed by atoms with Crippen LogP contribution < -0.4 is 15.0 Å². The number of ether oxygens (including phenoxy) is 1. The molecule has 3 aromatic carbocycles. The Balaban J connectivity index is 1.56. The van der Waals surface area contributed by atoms with E-state index in [4.69, 9.17) is 9.26 Å². The van der Waals surface area contributed by atoms with Gasteiger partial charge in [0, 0.05) is 43.0 Å². The van der Waals surface area contributed by atoms with Gasteiger partial charge in [0.1, 0.15) is 11.3 Å². The summed E-state index contributed by atoms with van der Waals surface area (Å²) in [7, 11) is 3.78. The number of fused-ring (bicyclic) bond motifs is 2. The summed E-state index contributed by atoms with van der Waals surface area (Å²) in [5, 5.41) is 8.73. The number of nitrogens with one attached hydrogen (secondary N) is 1. The molecule has 0 saturated carbocycles. The lowest BCUT2D eigenvalue weighted by Crippen LogP contribution is -2.44. The first-order chi connectivity index (χ1) is 16.1. The van der Waals surface area contributed by atoms with Crippen molar-refractivity contribution < 1.29 is 14.1 Å². The van der Waals surface area contributed by atoms with Crippen LogP contribution in [0.15, 0.2) is 59.1 Å². The van der Waals surface area contributed by atoms with E-state index < -0.39 is 0 Å². The highest BCUT2D eigenvalue weighted by atomic mass is 16.5. The number of hydrogen-bond donors (Lipinski definition) is 1. The number of methoxy groups -OCH3 is 1. The standard InChI is InChI=1S/C26H24N4O3/c1-29-11-13-30(14-12-29)21-15-20(27-16-7-9-17(32-2)10-8-16)22-23-24(21)28-33-26(23)19-6-4-3-5-18(19)25(22)31/h3-10,15,27H,11-14H2,1-2H3. The molecule has 33 heavy (non-hydrogen) atoms. The number of carbonyl (C=O) groups excluding carboxylic acids is 1. The van der Waals surface area contributed by atoms with E-state index >= 15 is 0 Å². The minimum atomic E-state index is -0.0211. The Morgan fingerprint density at radius 3 is 2.45 bits per heavy atom. The van der Waals surface area contributed by atoms with Crippen molar-refractivity contribution in [2.45, 2.75) is 0 Å². The second-order valence-electron chi connectivity index (χ2n) is 8.57. The van der Waals surface area contributed by atoms with Crippen molar-refractivity contribution in [3.05, 3.63) is 65.7 Å². The fourth-order valence-electron chi connectivity index (χ4n) is 4.76. The molecule has 4 aromatic rings. The summed E-state index contributed by atoms with van der Waals surface area (Å²) in [5.74, 6) is 1.41. The van der Waals surface area contributed by atoms with E-state index in [1.807, 2.05) is 54.6 Å². The lowest BCUT2D eigenvalue weighted by molar-refractivity contribution is 0.104. The maximum absolute atomic E-state index is 13.7. The first-order valence-electron chi connectivity index (χ1n) is 11.1. The Morgan fingerprint density at radius 1 is 1.00 bits per heavy atom. The topological polar surface area (TPSA) is 70.8 Å². The number of nitrogens with zero attached hydrogens (tertiary/aromatic N) is 3. The van der Waals surface area contributed by atoms with Crippen LogP contribution in [0.5, 0.6) is 5.75 Å². The van der Waals surface area contributed by atoms with Crippen molar-refractivity contribution in [2.24, 2.45) is 0 Å². The molecule has 166 valence electrons. The van der Waals surface area contributed by atoms with Gasteiger partial charge in [-0.05, 0) is 37.4 Å². The van der Waals surface area contributed by atoms with Gasteiger partial charge in [0.25, 0.3) is 0 Å². The monoisotopic (exact) mass is 440 g/mol. The summed E-state index contributed by atoms with van der Waals surface area (Å²) in [6.45, 7) is 3.72. The Kier molecular flexibility index (Phi) is 4.58. The summed E-state index contributed by atoms with van der Waals surface area (Å²) in [5.41, 5.74) is 5.39. The second-order valence-corrected chi connectivity index (χ2v) is 8.57. The number of benzene rings is 3. The quantitative estimate of drug-likeness (QED) is 0.440. The molecule has 0 amide bonds. The molecule has 7 heteroatoms. The number of piperazine rings is 1. The zero-order valence-electron chi connectivity index (χ0n) is 18.6. The average Bonchev–Trinajstić information content (AvgIpc) is 3.29. The Morgan fingerprint density at radius 2 is 1.73 bits per heavy atom. The van der Waals surface area contributed by atoms with Gasteiger partial charge in [-0.2, -0.15) is 0 Å². The predicted octanol–water partition coefficient (Wildman–Crippen LogP) is 4.54. The molecule has 0 atom stereocenters. The van der Waals surface area contributed by atoms with Crippen molar-refractivity contribution in [3.8, 4) is 17.1 Å². The van der Waals surface area contributed by atoms with Crippen LogP contribution in [0.3, 0.4) is 0 Å². The molecular weight excluding hydrogens is 416 g/mol. The van der Waals surface area contributed by atoms with E-state index in [-0.39, 0.29) is 5.78 Å². The molecule has 1 aromatic heterocycles. The largest absolute Gasteiger partial charge is 0.497 e. The highest BCUT2D eigenvalue weighted by Crippen LogP contribution is 2.46. The number of likely N-dealkylation sites (N-methyl/N-ethyl adjacent to an activating group) is 1. The number of ketones is 1. The minimum Gasteiger partial charge on any atom is -0.497 e. The van der Waals surface area contributed by atoms with Crippen LogP contribution >= 0.6 is 0 Å². The van der Waals surface area contributed by atoms with Crippen molar-refractivity contribution in [3.63, 3.8) is 0 Å². The normalized spacial score (nSPS) is 15.6. The number of carbonyl (C=O) groups is 1. The SMILES string of the molecule is COc1ccc(Nc2cc(N3CCN(C)CC3)c3noc4c3c2C(=O)c2ccccc2-4)cc1. The predicted molar refractivity (Wildman–Crippen MR) is 129 cm³/mol. The Bertz CT molecular complexity index is 1370. The number of hydrogen-bond acceptors (Lipinski definition) is 7. The van der Waals surface area contributed by atoms with Gasteiger partial charge in [-0.25, -0.2) is 0 Å². The molecule has 1 N–H and O–H groups in total. The molecule has 7 nitrogen and oxygen atoms in total. The number of rotatable bonds is 4. The Hall–Kier alpha value is -3.84. The highest BCUT2D eigenvalue weighted by molar-refractivity contribution is 6.28. The van der Waals surface area contributed by atoms with Crippen LogP contribution in [0.25, 0.3) is 22.2 Å². The van der Waals surface area contributed by atoms with Gasteiger partial charge < -0.3 is 24.4 Å². The molecule has 1 aliphatic carbocycles. The van der Waals surface area contributed by atoms with Crippen LogP contribution in [0, 0.1) is 0 Å². The molecule has 1 saturated heterocycles. The van der Waals surface area contributed by atoms with Crippen molar-refractivity contribution in [2.75, 3.05) is 50.6 Å². The van der Waals surface area contributed by atoms with Crippen LogP contribution in [-0.4, -0.2) is 56.2 Å². The van der Waals surface area contributed by atoms with Gasteiger partial charge in [-0.1, -0.05) is 29.4 Å². The summed E-state index contributed by atoms with van der Waals surface area (Å²) in [6, 6.07) is 17.3. The Labute approximate surface area is 191 Å². The maximum atomic E-state index is 13.7. The first kappa shape index (κ1) is 19.8. The van der Waals surface area contributed by atoms with Gasteiger partial charge in [-0.3, -0.25) is 4.79 Å². The average molecular weight is 441 g/mol. The maximum Gasteiger partial charge on any atom is 0.196 e. The van der Waals surface area contributed by atoms with Crippen LogP contribution in [0.1, 0.15) is 15.9 Å². The van der Waals surface area contributed by atoms with Gasteiger partial charge >= 0.3 is 0 Å². The van der Waals surface area contributed by atoms with Crippen LogP contribution in [0.4, 0.5) is 17.1 Å². The first-order valence-corrected chi connectivity index (χ1v) is 11.1. The van der Waals surface area contributed by atoms with Gasteiger partial charge in [0.2, 0.25) is 0 Å². The molecule has 2 aliphatic rings. The molecule has 1 fully saturated rings. The number of anilines is 3. The molecule has 2 heterocycles. The molecule has 0 bridgehead atoms. The summed E-state index contributed by atoms with van der Waals surface area (Å²) in [6.07, 6.45) is 0. The summed E-state index contributed by atoms with van der Waals surface area (Å²) >= 11 is 0. The van der Waals surface area contributed by atoms with E-state index in [1.54, 1.807) is 7.11 Å². The third kappa shape index (κ3) is 3.15. The van der Waals surface area contributed by atoms with Crippen molar-refractivity contribution >= 4 is 33.7 Å². The molecular formula is C26H24N4O3. The lowest BCUT2D eigenvalue weighted by Gasteiger charge is -2.34. The molecule has 0 spiro atoms. The van der Waals surface area contributed by atoms with Crippen LogP contribution in [-0.2, 0) is 0 Å². The molecule has 1 aliphatic heterocycles. The highest BCUT2D eigenvalue weighted by Gasteiger charge is 2.34. The number of aromatic nitrogens is 1. The fraction of sp³-hybridized carbons (Fsp3) is 0.231. The lowest BCUT2D eigenvalue weighted by atomic mass is 9.86. The van der Waals surface area contributed by atoms with E-state index in [1.165, 1.54) is 0 Å². The van der Waals surface area contributed by atoms with Gasteiger partial charge in [-0.15, -0.1) is 0 Å². The molecule has 0 radical (unpaired) electrons. The summed E-state index contributed by atoms with van der Waals surface area (Å²) < 4.78 is 11.2. The third-order valence-corrected chi connectivity index (χ3v) is 6.59. The van der Waals surface area contributed by atoms with Gasteiger partial charge in [0.15, 0.2) is 11.5 Å². The fourth-order valence-corrected chi connectivity index (χ4v) is 4.76. The van der Waals surface area contributed by atoms with E-state index in [0.717, 1.165) is 65.5 Å². The van der Waals surface area contributed by atoms with Crippen LogP contribution in [0.2, 0.25) is 0 Å².